The summed E-state index contributed by atoms with van der Waals surface area (Å²) >= 11 is 0. The average Bonchev–Trinajstić information content (AvgIpc) is 2.90. The topological polar surface area (TPSA) is 38.9 Å². The summed E-state index contributed by atoms with van der Waals surface area (Å²) in [6, 6.07) is 1.59. The Hall–Kier alpha value is -0.960. The number of rotatable bonds is 2. The number of hydrogen-bond donors (Lipinski definition) is 1. The minimum atomic E-state index is -0.252. The molecule has 2 aliphatic rings. The van der Waals surface area contributed by atoms with E-state index in [0.717, 1.165) is 11.8 Å². The van der Waals surface area contributed by atoms with Gasteiger partial charge in [-0.15, -0.1) is 0 Å². The van der Waals surface area contributed by atoms with E-state index in [1.54, 1.807) is 12.3 Å². The molecule has 0 radical (unpaired) electrons. The highest BCUT2D eigenvalue weighted by atomic mass is 19.1. The largest absolute Gasteiger partial charge is 0.324 e. The Morgan fingerprint density at radius 2 is 2.25 bits per heavy atom. The zero-order chi connectivity index (χ0) is 11.1. The average molecular weight is 220 g/mol. The van der Waals surface area contributed by atoms with Gasteiger partial charge in [0.1, 0.15) is 5.82 Å². The molecule has 3 heteroatoms. The molecule has 2 N–H and O–H groups in total. The van der Waals surface area contributed by atoms with Crippen molar-refractivity contribution in [1.29, 1.82) is 0 Å². The van der Waals surface area contributed by atoms with Crippen molar-refractivity contribution in [2.75, 3.05) is 0 Å². The van der Waals surface area contributed by atoms with E-state index in [-0.39, 0.29) is 11.9 Å². The molecular formula is C13H17FN2. The summed E-state index contributed by atoms with van der Waals surface area (Å²) in [6.07, 6.45) is 8.04. The smallest absolute Gasteiger partial charge is 0.146 e. The summed E-state index contributed by atoms with van der Waals surface area (Å²) in [6.45, 7) is 0. The Bertz CT molecular complexity index is 393. The zero-order valence-corrected chi connectivity index (χ0v) is 9.27. The third-order valence-electron chi connectivity index (χ3n) is 4.42. The first-order chi connectivity index (χ1) is 7.75. The summed E-state index contributed by atoms with van der Waals surface area (Å²) in [4.78, 5) is 3.77. The van der Waals surface area contributed by atoms with E-state index in [4.69, 9.17) is 5.73 Å². The fourth-order valence-corrected chi connectivity index (χ4v) is 3.62. The fraction of sp³-hybridized carbons (Fsp3) is 0.615. The third kappa shape index (κ3) is 1.54. The van der Waals surface area contributed by atoms with E-state index in [1.165, 1.54) is 31.9 Å². The van der Waals surface area contributed by atoms with Crippen LogP contribution in [0.2, 0.25) is 0 Å². The Balaban J connectivity index is 1.83. The summed E-state index contributed by atoms with van der Waals surface area (Å²) < 4.78 is 13.6. The Labute approximate surface area is 95.1 Å². The molecule has 16 heavy (non-hydrogen) atoms. The van der Waals surface area contributed by atoms with Crippen molar-refractivity contribution < 1.29 is 4.39 Å². The molecule has 1 aromatic heterocycles. The van der Waals surface area contributed by atoms with Crippen molar-refractivity contribution in [3.8, 4) is 0 Å². The molecule has 0 aliphatic heterocycles. The first-order valence-corrected chi connectivity index (χ1v) is 6.10. The molecule has 0 spiro atoms. The van der Waals surface area contributed by atoms with Gasteiger partial charge in [-0.3, -0.25) is 4.98 Å². The summed E-state index contributed by atoms with van der Waals surface area (Å²) in [5, 5.41) is 0. The maximum absolute atomic E-state index is 13.6. The van der Waals surface area contributed by atoms with Gasteiger partial charge in [-0.25, -0.2) is 4.39 Å². The second-order valence-corrected chi connectivity index (χ2v) is 5.26. The highest BCUT2D eigenvalue weighted by molar-refractivity contribution is 5.19. The number of aromatic nitrogens is 1. The monoisotopic (exact) mass is 220 g/mol. The Kier molecular flexibility index (Phi) is 2.43. The lowest BCUT2D eigenvalue weighted by Gasteiger charge is -2.28. The molecule has 2 saturated carbocycles. The lowest BCUT2D eigenvalue weighted by atomic mass is 9.81. The van der Waals surface area contributed by atoms with Crippen LogP contribution in [0.15, 0.2) is 18.5 Å². The first-order valence-electron chi connectivity index (χ1n) is 6.10. The van der Waals surface area contributed by atoms with Crippen LogP contribution in [0.5, 0.6) is 0 Å². The predicted molar refractivity (Wildman–Crippen MR) is 60.1 cm³/mol. The van der Waals surface area contributed by atoms with Gasteiger partial charge < -0.3 is 5.73 Å². The molecule has 0 saturated heterocycles. The quantitative estimate of drug-likeness (QED) is 0.832. The maximum atomic E-state index is 13.6. The van der Waals surface area contributed by atoms with Crippen molar-refractivity contribution in [2.45, 2.75) is 31.7 Å². The van der Waals surface area contributed by atoms with Crippen LogP contribution in [-0.4, -0.2) is 4.98 Å². The van der Waals surface area contributed by atoms with Crippen molar-refractivity contribution in [3.63, 3.8) is 0 Å². The van der Waals surface area contributed by atoms with E-state index in [0.29, 0.717) is 11.5 Å². The number of hydrogen-bond acceptors (Lipinski definition) is 2. The van der Waals surface area contributed by atoms with E-state index in [1.807, 2.05) is 0 Å². The molecule has 0 amide bonds. The van der Waals surface area contributed by atoms with Crippen LogP contribution in [0.4, 0.5) is 4.39 Å². The van der Waals surface area contributed by atoms with Gasteiger partial charge >= 0.3 is 0 Å². The predicted octanol–water partition coefficient (Wildman–Crippen LogP) is 2.66. The van der Waals surface area contributed by atoms with Crippen LogP contribution >= 0.6 is 0 Å². The van der Waals surface area contributed by atoms with Crippen molar-refractivity contribution in [1.82, 2.24) is 4.98 Å². The van der Waals surface area contributed by atoms with Crippen LogP contribution in [0, 0.1) is 23.6 Å². The molecule has 0 aromatic carbocycles. The first kappa shape index (κ1) is 10.2. The van der Waals surface area contributed by atoms with E-state index in [9.17, 15) is 4.39 Å². The third-order valence-corrected chi connectivity index (χ3v) is 4.42. The van der Waals surface area contributed by atoms with E-state index < -0.39 is 0 Å². The van der Waals surface area contributed by atoms with Gasteiger partial charge in [0.2, 0.25) is 0 Å². The number of pyridine rings is 1. The van der Waals surface area contributed by atoms with Crippen molar-refractivity contribution >= 4 is 0 Å². The molecule has 1 aromatic rings. The number of halogens is 1. The maximum Gasteiger partial charge on any atom is 0.146 e. The molecular weight excluding hydrogens is 203 g/mol. The van der Waals surface area contributed by atoms with Gasteiger partial charge in [0.15, 0.2) is 0 Å². The fourth-order valence-electron chi connectivity index (χ4n) is 3.62. The molecule has 4 unspecified atom stereocenters. The van der Waals surface area contributed by atoms with Crippen LogP contribution in [0.1, 0.15) is 37.3 Å². The highest BCUT2D eigenvalue weighted by Gasteiger charge is 2.42. The lowest BCUT2D eigenvalue weighted by Crippen LogP contribution is -2.26. The van der Waals surface area contributed by atoms with Gasteiger partial charge in [0, 0.05) is 17.8 Å². The second kappa shape index (κ2) is 3.81. The number of nitrogens with two attached hydrogens (primary N) is 1. The minimum absolute atomic E-state index is 0.140. The molecule has 1 heterocycles. The lowest BCUT2D eigenvalue weighted by molar-refractivity contribution is 0.280. The SMILES string of the molecule is NC(c1ccncc1F)C1CC2CCC1C2. The Morgan fingerprint density at radius 1 is 1.38 bits per heavy atom. The minimum Gasteiger partial charge on any atom is -0.324 e. The van der Waals surface area contributed by atoms with Gasteiger partial charge in [-0.05, 0) is 43.1 Å². The van der Waals surface area contributed by atoms with Gasteiger partial charge in [0.05, 0.1) is 6.20 Å². The van der Waals surface area contributed by atoms with Crippen LogP contribution in [0.25, 0.3) is 0 Å². The van der Waals surface area contributed by atoms with Gasteiger partial charge in [-0.2, -0.15) is 0 Å². The van der Waals surface area contributed by atoms with Gasteiger partial charge in [0.25, 0.3) is 0 Å². The molecule has 2 fully saturated rings. The molecule has 4 atom stereocenters. The molecule has 2 bridgehead atoms. The second-order valence-electron chi connectivity index (χ2n) is 5.26. The van der Waals surface area contributed by atoms with Crippen LogP contribution in [-0.2, 0) is 0 Å². The highest BCUT2D eigenvalue weighted by Crippen LogP contribution is 2.52. The van der Waals surface area contributed by atoms with Crippen molar-refractivity contribution in [2.24, 2.45) is 23.5 Å². The molecule has 2 nitrogen and oxygen atoms in total. The summed E-state index contributed by atoms with van der Waals surface area (Å²) in [5.41, 5.74) is 6.87. The van der Waals surface area contributed by atoms with E-state index in [2.05, 4.69) is 4.98 Å². The molecule has 3 rings (SSSR count). The molecule has 86 valence electrons. The summed E-state index contributed by atoms with van der Waals surface area (Å²) in [5.74, 6) is 1.81. The van der Waals surface area contributed by atoms with Crippen molar-refractivity contribution in [3.05, 3.63) is 29.8 Å². The zero-order valence-electron chi connectivity index (χ0n) is 9.27. The van der Waals surface area contributed by atoms with Gasteiger partial charge in [-0.1, -0.05) is 6.42 Å². The van der Waals surface area contributed by atoms with E-state index >= 15 is 0 Å². The standard InChI is InChI=1S/C13H17FN2/c14-12-7-16-4-3-10(12)13(15)11-6-8-1-2-9(11)5-8/h3-4,7-9,11,13H,1-2,5-6,15H2. The van der Waals surface area contributed by atoms with Crippen LogP contribution in [0.3, 0.4) is 0 Å². The number of nitrogens with zero attached hydrogens (tertiary/aromatic N) is 1. The van der Waals surface area contributed by atoms with Crippen LogP contribution < -0.4 is 5.73 Å². The summed E-state index contributed by atoms with van der Waals surface area (Å²) in [7, 11) is 0. The number of fused-ring (bicyclic) bond motifs is 2. The Morgan fingerprint density at radius 3 is 2.88 bits per heavy atom. The molecule has 2 aliphatic carbocycles. The normalized spacial score (nSPS) is 34.2.